The van der Waals surface area contributed by atoms with Gasteiger partial charge in [0.05, 0.1) is 11.7 Å². The number of hydrogen-bond donors (Lipinski definition) is 0. The highest BCUT2D eigenvalue weighted by atomic mass is 32.2. The Morgan fingerprint density at radius 2 is 1.42 bits per heavy atom. The van der Waals surface area contributed by atoms with Crippen molar-refractivity contribution in [2.45, 2.75) is 10.1 Å². The van der Waals surface area contributed by atoms with Gasteiger partial charge < -0.3 is 0 Å². The Labute approximate surface area is 80.0 Å². The fourth-order valence-corrected chi connectivity index (χ4v) is 2.70. The van der Waals surface area contributed by atoms with Crippen LogP contribution in [0.5, 0.6) is 0 Å². The number of fused-ring (bicyclic) bond motifs is 2. The molecule has 0 amide bonds. The van der Waals surface area contributed by atoms with Crippen LogP contribution in [0.15, 0.2) is 10.1 Å². The van der Waals surface area contributed by atoms with Crippen molar-refractivity contribution in [3.8, 4) is 0 Å². The van der Waals surface area contributed by atoms with Gasteiger partial charge in [-0.15, -0.1) is 0 Å². The van der Waals surface area contributed by atoms with Gasteiger partial charge in [0.15, 0.2) is 0 Å². The van der Waals surface area contributed by atoms with Gasteiger partial charge in [0.1, 0.15) is 10.1 Å². The molecule has 0 fully saturated rings. The molecule has 0 saturated carbocycles. The first-order valence-corrected chi connectivity index (χ1v) is 5.26. The van der Waals surface area contributed by atoms with Crippen LogP contribution in [0.1, 0.15) is 0 Å². The lowest BCUT2D eigenvalue weighted by Gasteiger charge is -1.89. The summed E-state index contributed by atoms with van der Waals surface area (Å²) in [6, 6.07) is 0. The summed E-state index contributed by atoms with van der Waals surface area (Å²) in [5, 5.41) is 1.67. The first kappa shape index (κ1) is 7.01. The van der Waals surface area contributed by atoms with Gasteiger partial charge in [-0.1, -0.05) is 4.13 Å². The van der Waals surface area contributed by atoms with Gasteiger partial charge >= 0.3 is 0 Å². The average molecular weight is 214 g/mol. The average Bonchev–Trinajstić information content (AvgIpc) is 2.64. The molecule has 0 N–H and O–H groups in total. The van der Waals surface area contributed by atoms with E-state index in [2.05, 4.69) is 22.8 Å². The van der Waals surface area contributed by atoms with Crippen LogP contribution in [0.4, 0.5) is 0 Å². The van der Waals surface area contributed by atoms with Gasteiger partial charge in [-0.25, -0.2) is 9.97 Å². The minimum Gasteiger partial charge on any atom is -0.213 e. The summed E-state index contributed by atoms with van der Waals surface area (Å²) in [5.41, 5.74) is 1.23. The highest BCUT2D eigenvalue weighted by molar-refractivity contribution is 8.15. The van der Waals surface area contributed by atoms with Gasteiger partial charge in [-0.2, -0.15) is 8.75 Å². The summed E-state index contributed by atoms with van der Waals surface area (Å²) in [7, 11) is 0. The molecule has 1 aliphatic rings. The second kappa shape index (κ2) is 2.52. The van der Waals surface area contributed by atoms with Crippen molar-refractivity contribution >= 4 is 46.9 Å². The van der Waals surface area contributed by atoms with E-state index < -0.39 is 0 Å². The molecule has 12 heavy (non-hydrogen) atoms. The van der Waals surface area contributed by atoms with Crippen LogP contribution < -0.4 is 4.13 Å². The molecule has 2 aromatic heterocycles. The molecule has 1 radical (unpaired) electrons. The number of aromatic nitrogens is 4. The highest BCUT2D eigenvalue weighted by Gasteiger charge is 2.19. The van der Waals surface area contributed by atoms with E-state index in [1.54, 1.807) is 0 Å². The van der Waals surface area contributed by atoms with E-state index in [1.165, 1.54) is 23.9 Å². The van der Waals surface area contributed by atoms with E-state index in [0.717, 1.165) is 21.8 Å². The number of nitrogens with zero attached hydrogens (tertiary/aromatic N) is 5. The third-order valence-electron chi connectivity index (χ3n) is 1.30. The summed E-state index contributed by atoms with van der Waals surface area (Å²) in [6.45, 7) is 0. The Morgan fingerprint density at radius 3 is 2.00 bits per heavy atom. The summed E-state index contributed by atoms with van der Waals surface area (Å²) in [4.78, 5) is 8.48. The van der Waals surface area contributed by atoms with Gasteiger partial charge in [-0.3, -0.25) is 0 Å². The van der Waals surface area contributed by atoms with E-state index in [0.29, 0.717) is 11.3 Å². The van der Waals surface area contributed by atoms with E-state index >= 15 is 0 Å². The molecule has 0 atom stereocenters. The van der Waals surface area contributed by atoms with Crippen molar-refractivity contribution in [3.63, 3.8) is 0 Å². The number of rotatable bonds is 0. The zero-order valence-corrected chi connectivity index (χ0v) is 7.91. The minimum atomic E-state index is 0.615. The SMILES string of the molecule is [N]1Sc2nc3nsnc3nc2S1. The maximum atomic E-state index is 4.24. The summed E-state index contributed by atoms with van der Waals surface area (Å²) in [6.07, 6.45) is 0. The van der Waals surface area contributed by atoms with Crippen molar-refractivity contribution < 1.29 is 0 Å². The molecular weight excluding hydrogens is 214 g/mol. The summed E-state index contributed by atoms with van der Waals surface area (Å²) < 4.78 is 12.0. The molecule has 1 aliphatic heterocycles. The molecule has 0 aliphatic carbocycles. The monoisotopic (exact) mass is 214 g/mol. The van der Waals surface area contributed by atoms with E-state index in [4.69, 9.17) is 0 Å². The maximum absolute atomic E-state index is 4.24. The molecule has 59 valence electrons. The van der Waals surface area contributed by atoms with Crippen molar-refractivity contribution in [1.82, 2.24) is 22.8 Å². The molecule has 0 unspecified atom stereocenters. The predicted molar refractivity (Wildman–Crippen MR) is 46.9 cm³/mol. The topological polar surface area (TPSA) is 65.7 Å². The number of hydrogen-bond acceptors (Lipinski definition) is 7. The van der Waals surface area contributed by atoms with Gasteiger partial charge in [-0.05, 0) is 0 Å². The Hall–Kier alpha value is -0.440. The Bertz CT molecular complexity index is 401. The quantitative estimate of drug-likeness (QED) is 0.612. The smallest absolute Gasteiger partial charge is 0.213 e. The van der Waals surface area contributed by atoms with Gasteiger partial charge in [0.25, 0.3) is 0 Å². The normalized spacial score (nSPS) is 15.3. The van der Waals surface area contributed by atoms with Gasteiger partial charge in [0, 0.05) is 23.9 Å². The van der Waals surface area contributed by atoms with Crippen molar-refractivity contribution in [1.29, 1.82) is 0 Å². The first-order valence-electron chi connectivity index (χ1n) is 2.98. The molecule has 5 nitrogen and oxygen atoms in total. The largest absolute Gasteiger partial charge is 0.213 e. The summed E-state index contributed by atoms with van der Waals surface area (Å²) >= 11 is 3.81. The van der Waals surface area contributed by atoms with Crippen LogP contribution >= 0.6 is 35.6 Å². The zero-order valence-electron chi connectivity index (χ0n) is 5.46. The van der Waals surface area contributed by atoms with Crippen LogP contribution in [-0.2, 0) is 0 Å². The molecule has 3 rings (SSSR count). The lowest BCUT2D eigenvalue weighted by molar-refractivity contribution is 0.969. The Morgan fingerprint density at radius 1 is 0.833 bits per heavy atom. The fraction of sp³-hybridized carbons (Fsp3) is 0. The van der Waals surface area contributed by atoms with E-state index in [1.807, 2.05) is 0 Å². The summed E-state index contributed by atoms with van der Waals surface area (Å²) in [5.74, 6) is 0. The van der Waals surface area contributed by atoms with Crippen molar-refractivity contribution in [2.75, 3.05) is 0 Å². The second-order valence-electron chi connectivity index (χ2n) is 2.00. The third kappa shape index (κ3) is 0.922. The zero-order chi connectivity index (χ0) is 7.97. The van der Waals surface area contributed by atoms with Crippen LogP contribution in [-0.4, -0.2) is 18.7 Å². The molecule has 8 heteroatoms. The predicted octanol–water partition coefficient (Wildman–Crippen LogP) is 1.11. The Balaban J connectivity index is 2.38. The second-order valence-corrected chi connectivity index (χ2v) is 4.27. The maximum Gasteiger partial charge on any atom is 0.213 e. The molecule has 0 spiro atoms. The standard InChI is InChI=1S/C4N5S3/c5-1-2(8-12-7-1)6-4-3(5)10-9-11-4. The van der Waals surface area contributed by atoms with Gasteiger partial charge in [0.2, 0.25) is 11.3 Å². The van der Waals surface area contributed by atoms with Crippen molar-refractivity contribution in [2.24, 2.45) is 0 Å². The molecular formula is C4N5S3. The fourth-order valence-electron chi connectivity index (χ4n) is 0.816. The van der Waals surface area contributed by atoms with Crippen LogP contribution in [0.3, 0.4) is 0 Å². The molecule has 0 saturated heterocycles. The molecule has 3 heterocycles. The molecule has 0 aromatic carbocycles. The minimum absolute atomic E-state index is 0.615. The van der Waals surface area contributed by atoms with Crippen LogP contribution in [0, 0.1) is 0 Å². The van der Waals surface area contributed by atoms with E-state index in [-0.39, 0.29) is 0 Å². The van der Waals surface area contributed by atoms with Crippen LogP contribution in [0.25, 0.3) is 11.3 Å². The van der Waals surface area contributed by atoms with Crippen molar-refractivity contribution in [3.05, 3.63) is 0 Å². The van der Waals surface area contributed by atoms with Crippen LogP contribution in [0.2, 0.25) is 0 Å². The lowest BCUT2D eigenvalue weighted by atomic mass is 10.7. The molecule has 0 bridgehead atoms. The molecule has 2 aromatic rings. The third-order valence-corrected chi connectivity index (χ3v) is 3.45. The van der Waals surface area contributed by atoms with E-state index in [9.17, 15) is 0 Å². The lowest BCUT2D eigenvalue weighted by Crippen LogP contribution is -1.86. The Kier molecular flexibility index (Phi) is 1.47. The first-order chi connectivity index (χ1) is 5.93. The highest BCUT2D eigenvalue weighted by Crippen LogP contribution is 2.36.